The molecule has 0 saturated carbocycles. The molecule has 0 aliphatic rings. The summed E-state index contributed by atoms with van der Waals surface area (Å²) < 4.78 is 27.7. The van der Waals surface area contributed by atoms with Gasteiger partial charge in [0.1, 0.15) is 0 Å². The van der Waals surface area contributed by atoms with Crippen molar-refractivity contribution in [1.29, 1.82) is 0 Å². The number of carbonyl (C=O) groups is 1. The van der Waals surface area contributed by atoms with Crippen LogP contribution in [0.3, 0.4) is 0 Å². The highest BCUT2D eigenvalue weighted by molar-refractivity contribution is 7.90. The lowest BCUT2D eigenvalue weighted by molar-refractivity contribution is 0.0698. The number of para-hydroxylation sites is 1. The summed E-state index contributed by atoms with van der Waals surface area (Å²) in [6.45, 7) is 3.29. The van der Waals surface area contributed by atoms with Crippen molar-refractivity contribution in [3.63, 3.8) is 0 Å². The molecule has 6 nitrogen and oxygen atoms in total. The van der Waals surface area contributed by atoms with Gasteiger partial charge >= 0.3 is 5.97 Å². The molecule has 18 heavy (non-hydrogen) atoms. The van der Waals surface area contributed by atoms with Crippen LogP contribution >= 0.6 is 11.6 Å². The molecule has 0 aliphatic heterocycles. The summed E-state index contributed by atoms with van der Waals surface area (Å²) in [6.07, 6.45) is 0. The molecule has 0 amide bonds. The molecular formula is C10H13ClN2O4S. The number of hydrogen-bond acceptors (Lipinski definition) is 3. The molecule has 3 N–H and O–H groups in total. The third-order valence-corrected chi connectivity index (χ3v) is 3.44. The van der Waals surface area contributed by atoms with Crippen LogP contribution in [0.5, 0.6) is 0 Å². The van der Waals surface area contributed by atoms with E-state index in [9.17, 15) is 13.2 Å². The van der Waals surface area contributed by atoms with Gasteiger partial charge in [0.25, 0.3) is 10.2 Å². The highest BCUT2D eigenvalue weighted by Crippen LogP contribution is 2.26. The first-order chi connectivity index (χ1) is 8.23. The van der Waals surface area contributed by atoms with Crippen molar-refractivity contribution in [3.8, 4) is 0 Å². The van der Waals surface area contributed by atoms with E-state index < -0.39 is 16.2 Å². The van der Waals surface area contributed by atoms with Crippen molar-refractivity contribution in [2.24, 2.45) is 0 Å². The van der Waals surface area contributed by atoms with Gasteiger partial charge in [-0.1, -0.05) is 17.7 Å². The molecule has 8 heteroatoms. The maximum absolute atomic E-state index is 11.7. The molecule has 1 aromatic carbocycles. The molecule has 1 aromatic rings. The van der Waals surface area contributed by atoms with Crippen LogP contribution in [0, 0.1) is 0 Å². The molecule has 1 rings (SSSR count). The Hall–Kier alpha value is -1.31. The lowest BCUT2D eigenvalue weighted by Gasteiger charge is -2.14. The van der Waals surface area contributed by atoms with Gasteiger partial charge in [0.2, 0.25) is 0 Å². The smallest absolute Gasteiger partial charge is 0.337 e. The van der Waals surface area contributed by atoms with Crippen molar-refractivity contribution >= 4 is 33.5 Å². The molecule has 0 aliphatic carbocycles. The first-order valence-corrected chi connectivity index (χ1v) is 6.91. The number of anilines is 1. The van der Waals surface area contributed by atoms with E-state index in [1.165, 1.54) is 18.2 Å². The molecule has 0 fully saturated rings. The molecule has 0 aromatic heterocycles. The molecule has 0 saturated heterocycles. The highest BCUT2D eigenvalue weighted by Gasteiger charge is 2.19. The molecule has 100 valence electrons. The van der Waals surface area contributed by atoms with Crippen molar-refractivity contribution in [1.82, 2.24) is 4.72 Å². The van der Waals surface area contributed by atoms with Crippen molar-refractivity contribution in [2.45, 2.75) is 19.9 Å². The lowest BCUT2D eigenvalue weighted by atomic mass is 10.2. The maximum atomic E-state index is 11.7. The monoisotopic (exact) mass is 292 g/mol. The zero-order chi connectivity index (χ0) is 13.9. The van der Waals surface area contributed by atoms with E-state index in [1.807, 2.05) is 0 Å². The van der Waals surface area contributed by atoms with Gasteiger partial charge < -0.3 is 5.11 Å². The second-order valence-electron chi connectivity index (χ2n) is 3.85. The second kappa shape index (κ2) is 5.55. The van der Waals surface area contributed by atoms with E-state index >= 15 is 0 Å². The summed E-state index contributed by atoms with van der Waals surface area (Å²) in [7, 11) is -3.86. The topological polar surface area (TPSA) is 95.5 Å². The molecule has 0 spiro atoms. The number of rotatable bonds is 5. The summed E-state index contributed by atoms with van der Waals surface area (Å²) in [5.41, 5.74) is -0.364. The molecule has 0 heterocycles. The number of carboxylic acids is 1. The van der Waals surface area contributed by atoms with Crippen LogP contribution in [0.1, 0.15) is 24.2 Å². The van der Waals surface area contributed by atoms with Gasteiger partial charge in [-0.3, -0.25) is 4.72 Å². The van der Waals surface area contributed by atoms with Gasteiger partial charge in [0, 0.05) is 6.04 Å². The van der Waals surface area contributed by atoms with Crippen LogP contribution < -0.4 is 9.44 Å². The zero-order valence-electron chi connectivity index (χ0n) is 9.77. The predicted octanol–water partition coefficient (Wildman–Crippen LogP) is 1.69. The molecule has 0 bridgehead atoms. The van der Waals surface area contributed by atoms with Gasteiger partial charge in [-0.2, -0.15) is 13.1 Å². The van der Waals surface area contributed by atoms with Crippen LogP contribution in [0.25, 0.3) is 0 Å². The SMILES string of the molecule is CC(C)NS(=O)(=O)Nc1c(Cl)cccc1C(=O)O. The van der Waals surface area contributed by atoms with Crippen molar-refractivity contribution in [2.75, 3.05) is 4.72 Å². The Labute approximate surface area is 110 Å². The van der Waals surface area contributed by atoms with E-state index in [0.717, 1.165) is 0 Å². The Bertz CT molecular complexity index is 557. The number of aromatic carboxylic acids is 1. The minimum absolute atomic E-state index is 0.0176. The molecule has 0 atom stereocenters. The largest absolute Gasteiger partial charge is 0.478 e. The first kappa shape index (κ1) is 14.7. The minimum atomic E-state index is -3.86. The minimum Gasteiger partial charge on any atom is -0.478 e. The number of halogens is 1. The lowest BCUT2D eigenvalue weighted by Crippen LogP contribution is -2.35. The van der Waals surface area contributed by atoms with Crippen LogP contribution in [-0.4, -0.2) is 25.5 Å². The summed E-state index contributed by atoms with van der Waals surface area (Å²) in [6, 6.07) is 3.78. The third kappa shape index (κ3) is 3.86. The van der Waals surface area contributed by atoms with E-state index in [2.05, 4.69) is 9.44 Å². The Balaban J connectivity index is 3.15. The maximum Gasteiger partial charge on any atom is 0.337 e. The quantitative estimate of drug-likeness (QED) is 0.769. The zero-order valence-corrected chi connectivity index (χ0v) is 11.3. The summed E-state index contributed by atoms with van der Waals surface area (Å²) in [5.74, 6) is -1.26. The molecule has 0 radical (unpaired) electrons. The van der Waals surface area contributed by atoms with E-state index in [1.54, 1.807) is 13.8 Å². The number of hydrogen-bond donors (Lipinski definition) is 3. The normalized spacial score (nSPS) is 11.6. The van der Waals surface area contributed by atoms with Crippen LogP contribution in [-0.2, 0) is 10.2 Å². The fraction of sp³-hybridized carbons (Fsp3) is 0.300. The Morgan fingerprint density at radius 2 is 2.00 bits per heavy atom. The average molecular weight is 293 g/mol. The number of carboxylic acid groups (broad SMARTS) is 1. The third-order valence-electron chi connectivity index (χ3n) is 1.87. The van der Waals surface area contributed by atoms with Gasteiger partial charge in [-0.15, -0.1) is 0 Å². The van der Waals surface area contributed by atoms with Crippen LogP contribution in [0.15, 0.2) is 18.2 Å². The van der Waals surface area contributed by atoms with Crippen molar-refractivity contribution in [3.05, 3.63) is 28.8 Å². The van der Waals surface area contributed by atoms with E-state index in [-0.39, 0.29) is 22.3 Å². The number of nitrogens with one attached hydrogen (secondary N) is 2. The fourth-order valence-electron chi connectivity index (χ4n) is 1.28. The Kier molecular flexibility index (Phi) is 4.55. The Morgan fingerprint density at radius 3 is 2.50 bits per heavy atom. The predicted molar refractivity (Wildman–Crippen MR) is 69.2 cm³/mol. The van der Waals surface area contributed by atoms with E-state index in [4.69, 9.17) is 16.7 Å². The van der Waals surface area contributed by atoms with Crippen LogP contribution in [0.2, 0.25) is 5.02 Å². The van der Waals surface area contributed by atoms with Gasteiger partial charge in [-0.05, 0) is 26.0 Å². The second-order valence-corrected chi connectivity index (χ2v) is 5.70. The summed E-state index contributed by atoms with van der Waals surface area (Å²) in [4.78, 5) is 11.0. The van der Waals surface area contributed by atoms with Gasteiger partial charge in [0.15, 0.2) is 0 Å². The summed E-state index contributed by atoms with van der Waals surface area (Å²) >= 11 is 5.80. The number of benzene rings is 1. The highest BCUT2D eigenvalue weighted by atomic mass is 35.5. The summed E-state index contributed by atoms with van der Waals surface area (Å²) in [5, 5.41) is 8.97. The average Bonchev–Trinajstić information content (AvgIpc) is 2.18. The van der Waals surface area contributed by atoms with E-state index in [0.29, 0.717) is 0 Å². The van der Waals surface area contributed by atoms with Crippen molar-refractivity contribution < 1.29 is 18.3 Å². The van der Waals surface area contributed by atoms with Gasteiger partial charge in [0.05, 0.1) is 16.3 Å². The van der Waals surface area contributed by atoms with Gasteiger partial charge in [-0.25, -0.2) is 4.79 Å². The Morgan fingerprint density at radius 1 is 1.39 bits per heavy atom. The molecular weight excluding hydrogens is 280 g/mol. The van der Waals surface area contributed by atoms with Crippen LogP contribution in [0.4, 0.5) is 5.69 Å². The fourth-order valence-corrected chi connectivity index (χ4v) is 2.73. The molecule has 0 unspecified atom stereocenters. The standard InChI is InChI=1S/C10H13ClN2O4S/c1-6(2)12-18(16,17)13-9-7(10(14)15)4-3-5-8(9)11/h3-6,12-13H,1-2H3,(H,14,15). The first-order valence-electron chi connectivity index (χ1n) is 5.05.